The number of hydrogen-bond acceptors (Lipinski definition) is 5. The molecule has 0 amide bonds. The summed E-state index contributed by atoms with van der Waals surface area (Å²) >= 11 is 0. The van der Waals surface area contributed by atoms with Gasteiger partial charge in [0.1, 0.15) is 5.69 Å². The van der Waals surface area contributed by atoms with Crippen molar-refractivity contribution in [2.45, 2.75) is 50.1 Å². The molecule has 122 valence electrons. The van der Waals surface area contributed by atoms with Gasteiger partial charge in [-0.05, 0) is 12.8 Å². The Kier molecular flexibility index (Phi) is 4.11. The lowest BCUT2D eigenvalue weighted by Crippen LogP contribution is -2.51. The van der Waals surface area contributed by atoms with E-state index >= 15 is 0 Å². The highest BCUT2D eigenvalue weighted by Gasteiger charge is 2.38. The summed E-state index contributed by atoms with van der Waals surface area (Å²) in [5.74, 6) is 0. The van der Waals surface area contributed by atoms with E-state index in [2.05, 4.69) is 15.6 Å². The Balaban J connectivity index is 1.43. The molecule has 1 aliphatic carbocycles. The van der Waals surface area contributed by atoms with E-state index in [1.54, 1.807) is 4.68 Å². The highest BCUT2D eigenvalue weighted by molar-refractivity contribution is 5.57. The van der Waals surface area contributed by atoms with Crippen molar-refractivity contribution >= 4 is 0 Å². The van der Waals surface area contributed by atoms with Gasteiger partial charge in [-0.15, -0.1) is 5.10 Å². The van der Waals surface area contributed by atoms with Crippen LogP contribution >= 0.6 is 0 Å². The molecule has 1 aromatic carbocycles. The van der Waals surface area contributed by atoms with Gasteiger partial charge >= 0.3 is 0 Å². The highest BCUT2D eigenvalue weighted by atomic mass is 16.5. The summed E-state index contributed by atoms with van der Waals surface area (Å²) in [6.45, 7) is 0.983. The molecule has 0 radical (unpaired) electrons. The average molecular weight is 314 g/mol. The third-order valence-corrected chi connectivity index (χ3v) is 4.80. The molecule has 1 saturated carbocycles. The fourth-order valence-corrected chi connectivity index (χ4v) is 3.22. The number of aliphatic hydroxyl groups excluding tert-OH is 1. The number of hydrogen-bond donors (Lipinski definition) is 2. The minimum atomic E-state index is -0.447. The fraction of sp³-hybridized carbons (Fsp3) is 0.529. The van der Waals surface area contributed by atoms with Crippen LogP contribution in [-0.4, -0.2) is 51.0 Å². The first-order chi connectivity index (χ1) is 11.3. The van der Waals surface area contributed by atoms with Crippen molar-refractivity contribution in [3.63, 3.8) is 0 Å². The zero-order valence-electron chi connectivity index (χ0n) is 13.0. The second-order valence-corrected chi connectivity index (χ2v) is 6.45. The van der Waals surface area contributed by atoms with Gasteiger partial charge in [0, 0.05) is 11.6 Å². The number of aromatic nitrogens is 3. The molecule has 0 unspecified atom stereocenters. The van der Waals surface area contributed by atoms with Crippen LogP contribution in [0.5, 0.6) is 0 Å². The quantitative estimate of drug-likeness (QED) is 0.868. The predicted octanol–water partition coefficient (Wildman–Crippen LogP) is 1.22. The largest absolute Gasteiger partial charge is 0.389 e. The van der Waals surface area contributed by atoms with E-state index in [4.69, 9.17) is 4.74 Å². The summed E-state index contributed by atoms with van der Waals surface area (Å²) in [6.07, 6.45) is 5.07. The zero-order valence-corrected chi connectivity index (χ0v) is 13.0. The number of rotatable bonds is 5. The molecule has 4 rings (SSSR count). The summed E-state index contributed by atoms with van der Waals surface area (Å²) < 4.78 is 7.57. The van der Waals surface area contributed by atoms with Crippen molar-refractivity contribution in [3.8, 4) is 11.3 Å². The van der Waals surface area contributed by atoms with Gasteiger partial charge in [0.2, 0.25) is 0 Å². The third kappa shape index (κ3) is 3.15. The first-order valence-electron chi connectivity index (χ1n) is 8.31. The van der Waals surface area contributed by atoms with E-state index in [0.29, 0.717) is 19.2 Å². The lowest BCUT2D eigenvalue weighted by atomic mass is 9.91. The number of aliphatic hydroxyl groups is 1. The average Bonchev–Trinajstić information content (AvgIpc) is 3.13. The lowest BCUT2D eigenvalue weighted by Gasteiger charge is -2.32. The maximum Gasteiger partial charge on any atom is 0.113 e. The van der Waals surface area contributed by atoms with E-state index in [1.165, 1.54) is 19.3 Å². The Labute approximate surface area is 135 Å². The predicted molar refractivity (Wildman–Crippen MR) is 85.8 cm³/mol. The van der Waals surface area contributed by atoms with Gasteiger partial charge in [-0.3, -0.25) is 0 Å². The zero-order chi connectivity index (χ0) is 15.6. The molecule has 0 bridgehead atoms. The smallest absolute Gasteiger partial charge is 0.113 e. The molecule has 3 atom stereocenters. The Bertz CT molecular complexity index is 641. The first-order valence-corrected chi connectivity index (χ1v) is 8.31. The summed E-state index contributed by atoms with van der Waals surface area (Å²) in [5.41, 5.74) is 1.91. The molecular formula is C17H22N4O2. The Morgan fingerprint density at radius 2 is 2.09 bits per heavy atom. The Morgan fingerprint density at radius 1 is 1.26 bits per heavy atom. The molecule has 2 aromatic rings. The van der Waals surface area contributed by atoms with Gasteiger partial charge in [0.15, 0.2) is 0 Å². The van der Waals surface area contributed by atoms with Gasteiger partial charge in [-0.25, -0.2) is 4.68 Å². The van der Waals surface area contributed by atoms with Crippen molar-refractivity contribution in [2.24, 2.45) is 0 Å². The Hall–Kier alpha value is -1.76. The first kappa shape index (κ1) is 14.8. The minimum Gasteiger partial charge on any atom is -0.389 e. The van der Waals surface area contributed by atoms with E-state index in [1.807, 2.05) is 36.5 Å². The van der Waals surface area contributed by atoms with Gasteiger partial charge in [0.05, 0.1) is 37.6 Å². The SMILES string of the molecule is O[C@H]1CO[C@H](Cn2cc(-c3ccccc3)nn2)[C@@H]1NC1CCC1. The molecule has 2 fully saturated rings. The molecule has 2 heterocycles. The van der Waals surface area contributed by atoms with Crippen molar-refractivity contribution in [3.05, 3.63) is 36.5 Å². The molecule has 1 saturated heterocycles. The van der Waals surface area contributed by atoms with E-state index in [9.17, 15) is 5.11 Å². The molecule has 23 heavy (non-hydrogen) atoms. The third-order valence-electron chi connectivity index (χ3n) is 4.80. The monoisotopic (exact) mass is 314 g/mol. The topological polar surface area (TPSA) is 72.2 Å². The van der Waals surface area contributed by atoms with Crippen LogP contribution in [0.15, 0.2) is 36.5 Å². The molecule has 2 N–H and O–H groups in total. The van der Waals surface area contributed by atoms with Crippen LogP contribution in [0.3, 0.4) is 0 Å². The van der Waals surface area contributed by atoms with E-state index in [0.717, 1.165) is 11.3 Å². The number of nitrogens with zero attached hydrogens (tertiary/aromatic N) is 3. The maximum atomic E-state index is 10.2. The van der Waals surface area contributed by atoms with Crippen LogP contribution in [0.2, 0.25) is 0 Å². The highest BCUT2D eigenvalue weighted by Crippen LogP contribution is 2.24. The van der Waals surface area contributed by atoms with Crippen molar-refractivity contribution in [1.29, 1.82) is 0 Å². The van der Waals surface area contributed by atoms with Crippen LogP contribution in [0.25, 0.3) is 11.3 Å². The summed E-state index contributed by atoms with van der Waals surface area (Å²) in [6, 6.07) is 10.5. The van der Waals surface area contributed by atoms with Crippen LogP contribution < -0.4 is 5.32 Å². The van der Waals surface area contributed by atoms with Crippen LogP contribution in [0.4, 0.5) is 0 Å². The molecule has 1 aliphatic heterocycles. The van der Waals surface area contributed by atoms with Crippen molar-refractivity contribution in [2.75, 3.05) is 6.61 Å². The normalized spacial score (nSPS) is 28.0. The standard InChI is InChI=1S/C17H22N4O2/c22-15-11-23-16(17(15)18-13-7-4-8-13)10-21-9-14(19-20-21)12-5-2-1-3-6-12/h1-3,5-6,9,13,15-18,22H,4,7-8,10-11H2/t15-,16+,17+/m0/s1. The second-order valence-electron chi connectivity index (χ2n) is 6.45. The van der Waals surface area contributed by atoms with Gasteiger partial charge in [-0.2, -0.15) is 0 Å². The minimum absolute atomic E-state index is 0.0234. The molecule has 0 spiro atoms. The molecular weight excluding hydrogens is 292 g/mol. The summed E-state index contributed by atoms with van der Waals surface area (Å²) in [7, 11) is 0. The fourth-order valence-electron chi connectivity index (χ4n) is 3.22. The summed E-state index contributed by atoms with van der Waals surface area (Å²) in [4.78, 5) is 0. The number of ether oxygens (including phenoxy) is 1. The van der Waals surface area contributed by atoms with Crippen LogP contribution in [-0.2, 0) is 11.3 Å². The molecule has 6 nitrogen and oxygen atoms in total. The molecule has 2 aliphatic rings. The van der Waals surface area contributed by atoms with Crippen LogP contribution in [0, 0.1) is 0 Å². The van der Waals surface area contributed by atoms with Crippen molar-refractivity contribution in [1.82, 2.24) is 20.3 Å². The summed E-state index contributed by atoms with van der Waals surface area (Å²) in [5, 5.41) is 22.1. The van der Waals surface area contributed by atoms with E-state index < -0.39 is 6.10 Å². The van der Waals surface area contributed by atoms with Crippen molar-refractivity contribution < 1.29 is 9.84 Å². The Morgan fingerprint density at radius 3 is 2.83 bits per heavy atom. The van der Waals surface area contributed by atoms with Gasteiger partial charge in [-0.1, -0.05) is 42.0 Å². The second kappa shape index (κ2) is 6.39. The van der Waals surface area contributed by atoms with Gasteiger partial charge < -0.3 is 15.2 Å². The van der Waals surface area contributed by atoms with Gasteiger partial charge in [0.25, 0.3) is 0 Å². The lowest BCUT2D eigenvalue weighted by molar-refractivity contribution is 0.0722. The van der Waals surface area contributed by atoms with E-state index in [-0.39, 0.29) is 12.1 Å². The molecule has 6 heteroatoms. The number of nitrogens with one attached hydrogen (secondary N) is 1. The molecule has 1 aromatic heterocycles. The number of benzene rings is 1. The van der Waals surface area contributed by atoms with Crippen LogP contribution in [0.1, 0.15) is 19.3 Å². The maximum absolute atomic E-state index is 10.2.